The van der Waals surface area contributed by atoms with Crippen LogP contribution in [0.1, 0.15) is 23.7 Å². The van der Waals surface area contributed by atoms with E-state index in [4.69, 9.17) is 17.3 Å². The molecule has 1 heterocycles. The lowest BCUT2D eigenvalue weighted by Gasteiger charge is -2.26. The van der Waals surface area contributed by atoms with E-state index in [0.29, 0.717) is 28.4 Å². The molecule has 5 nitrogen and oxygen atoms in total. The minimum Gasteiger partial charge on any atom is -0.480 e. The second-order valence-electron chi connectivity index (χ2n) is 4.50. The number of hydrogen-bond acceptors (Lipinski definition) is 4. The van der Waals surface area contributed by atoms with Crippen molar-refractivity contribution in [2.45, 2.75) is 24.8 Å². The van der Waals surface area contributed by atoms with E-state index in [1.807, 2.05) is 6.92 Å². The Morgan fingerprint density at radius 3 is 2.80 bits per heavy atom. The lowest BCUT2D eigenvalue weighted by molar-refractivity contribution is -0.141. The topological polar surface area (TPSA) is 83.6 Å². The maximum absolute atomic E-state index is 12.5. The first-order chi connectivity index (χ1) is 9.45. The molecule has 0 bridgehead atoms. The Hall–Kier alpha value is -1.40. The predicted molar refractivity (Wildman–Crippen MR) is 80.0 cm³/mol. The van der Waals surface area contributed by atoms with Gasteiger partial charge in [-0.05, 0) is 24.6 Å². The molecule has 0 aromatic heterocycles. The summed E-state index contributed by atoms with van der Waals surface area (Å²) >= 11 is 7.32. The van der Waals surface area contributed by atoms with Crippen molar-refractivity contribution in [1.82, 2.24) is 4.90 Å². The van der Waals surface area contributed by atoms with Gasteiger partial charge in [-0.15, -0.1) is 11.8 Å². The number of carboxylic acids is 1. The highest BCUT2D eigenvalue weighted by Crippen LogP contribution is 2.33. The van der Waals surface area contributed by atoms with Gasteiger partial charge in [0, 0.05) is 11.3 Å². The van der Waals surface area contributed by atoms with Crippen LogP contribution in [0.25, 0.3) is 0 Å². The zero-order chi connectivity index (χ0) is 14.9. The van der Waals surface area contributed by atoms with Gasteiger partial charge in [0.25, 0.3) is 5.91 Å². The minimum absolute atomic E-state index is 0.125. The quantitative estimate of drug-likeness (QED) is 0.836. The Balaban J connectivity index is 2.33. The summed E-state index contributed by atoms with van der Waals surface area (Å²) < 4.78 is 0. The number of carboxylic acid groups (broad SMARTS) is 1. The first-order valence-corrected chi connectivity index (χ1v) is 7.60. The molecule has 20 heavy (non-hydrogen) atoms. The van der Waals surface area contributed by atoms with E-state index in [1.54, 1.807) is 12.1 Å². The minimum atomic E-state index is -0.983. The summed E-state index contributed by atoms with van der Waals surface area (Å²) in [4.78, 5) is 25.2. The van der Waals surface area contributed by atoms with Crippen LogP contribution in [0.2, 0.25) is 5.02 Å². The maximum atomic E-state index is 12.5. The third kappa shape index (κ3) is 2.71. The van der Waals surface area contributed by atoms with E-state index in [9.17, 15) is 14.7 Å². The molecule has 7 heteroatoms. The first kappa shape index (κ1) is 15.0. The SMILES string of the molecule is CCC1SCC(C(=O)O)N1C(=O)c1ccc(Cl)c(N)c1. The van der Waals surface area contributed by atoms with Crippen molar-refractivity contribution in [3.8, 4) is 0 Å². The predicted octanol–water partition coefficient (Wildman–Crippen LogP) is 2.30. The molecular weight excluding hydrogens is 300 g/mol. The van der Waals surface area contributed by atoms with Crippen LogP contribution < -0.4 is 5.73 Å². The smallest absolute Gasteiger partial charge is 0.327 e. The van der Waals surface area contributed by atoms with Gasteiger partial charge in [-0.1, -0.05) is 18.5 Å². The fourth-order valence-corrected chi connectivity index (χ4v) is 3.63. The molecule has 1 fully saturated rings. The van der Waals surface area contributed by atoms with Crippen molar-refractivity contribution in [3.63, 3.8) is 0 Å². The second kappa shape index (κ2) is 5.93. The standard InChI is InChI=1S/C13H15ClN2O3S/c1-2-11-16(10(6-20-11)13(18)19)12(17)7-3-4-8(14)9(15)5-7/h3-5,10-11H,2,6,15H2,1H3,(H,18,19). The van der Waals surface area contributed by atoms with Crippen LogP contribution in [0.3, 0.4) is 0 Å². The number of carbonyl (C=O) groups is 2. The Bertz CT molecular complexity index is 552. The van der Waals surface area contributed by atoms with Crippen molar-refractivity contribution >= 4 is 40.9 Å². The number of benzene rings is 1. The van der Waals surface area contributed by atoms with Gasteiger partial charge in [0.1, 0.15) is 6.04 Å². The molecule has 0 radical (unpaired) electrons. The molecule has 1 aliphatic rings. The molecule has 1 amide bonds. The van der Waals surface area contributed by atoms with Crippen LogP contribution in [0, 0.1) is 0 Å². The maximum Gasteiger partial charge on any atom is 0.327 e. The molecule has 2 rings (SSSR count). The van der Waals surface area contributed by atoms with Gasteiger partial charge in [0.15, 0.2) is 0 Å². The van der Waals surface area contributed by atoms with Crippen LogP contribution in [-0.4, -0.2) is 39.1 Å². The van der Waals surface area contributed by atoms with Crippen molar-refractivity contribution in [1.29, 1.82) is 0 Å². The van der Waals surface area contributed by atoms with Crippen molar-refractivity contribution < 1.29 is 14.7 Å². The monoisotopic (exact) mass is 314 g/mol. The zero-order valence-electron chi connectivity index (χ0n) is 10.9. The number of thioether (sulfide) groups is 1. The van der Waals surface area contributed by atoms with E-state index in [2.05, 4.69) is 0 Å². The zero-order valence-corrected chi connectivity index (χ0v) is 12.4. The van der Waals surface area contributed by atoms with E-state index < -0.39 is 12.0 Å². The first-order valence-electron chi connectivity index (χ1n) is 6.17. The number of nitrogens with zero attached hydrogens (tertiary/aromatic N) is 1. The second-order valence-corrected chi connectivity index (χ2v) is 6.12. The number of rotatable bonds is 3. The number of anilines is 1. The summed E-state index contributed by atoms with van der Waals surface area (Å²) in [5, 5.41) is 9.49. The van der Waals surface area contributed by atoms with Crippen LogP contribution >= 0.6 is 23.4 Å². The molecule has 1 saturated heterocycles. The highest BCUT2D eigenvalue weighted by Gasteiger charge is 2.41. The van der Waals surface area contributed by atoms with E-state index in [-0.39, 0.29) is 11.3 Å². The summed E-state index contributed by atoms with van der Waals surface area (Å²) in [6.45, 7) is 1.93. The average molecular weight is 315 g/mol. The number of hydrogen-bond donors (Lipinski definition) is 2. The van der Waals surface area contributed by atoms with Crippen LogP contribution in [0.5, 0.6) is 0 Å². The molecular formula is C13H15ClN2O3S. The fraction of sp³-hybridized carbons (Fsp3) is 0.385. The van der Waals surface area contributed by atoms with Crippen molar-refractivity contribution in [2.24, 2.45) is 0 Å². The van der Waals surface area contributed by atoms with Gasteiger partial charge in [-0.25, -0.2) is 4.79 Å². The van der Waals surface area contributed by atoms with Crippen molar-refractivity contribution in [3.05, 3.63) is 28.8 Å². The number of nitrogen functional groups attached to an aromatic ring is 1. The highest BCUT2D eigenvalue weighted by atomic mass is 35.5. The molecule has 3 N–H and O–H groups in total. The van der Waals surface area contributed by atoms with E-state index in [0.717, 1.165) is 0 Å². The number of amides is 1. The average Bonchev–Trinajstić information content (AvgIpc) is 2.85. The molecule has 0 spiro atoms. The molecule has 2 unspecified atom stereocenters. The summed E-state index contributed by atoms with van der Waals surface area (Å²) in [5.74, 6) is -0.899. The van der Waals surface area contributed by atoms with Gasteiger partial charge in [-0.3, -0.25) is 4.79 Å². The highest BCUT2D eigenvalue weighted by molar-refractivity contribution is 8.00. The Morgan fingerprint density at radius 2 is 2.25 bits per heavy atom. The van der Waals surface area contributed by atoms with Crippen LogP contribution in [0.15, 0.2) is 18.2 Å². The lowest BCUT2D eigenvalue weighted by atomic mass is 10.1. The number of halogens is 1. The molecule has 108 valence electrons. The molecule has 1 aromatic rings. The Morgan fingerprint density at radius 1 is 1.55 bits per heavy atom. The van der Waals surface area contributed by atoms with Crippen molar-refractivity contribution in [2.75, 3.05) is 11.5 Å². The van der Waals surface area contributed by atoms with Gasteiger partial charge in [0.05, 0.1) is 16.1 Å². The normalized spacial score (nSPS) is 22.0. The van der Waals surface area contributed by atoms with E-state index in [1.165, 1.54) is 22.7 Å². The van der Waals surface area contributed by atoms with Gasteiger partial charge in [0.2, 0.25) is 0 Å². The number of nitrogens with two attached hydrogens (primary N) is 1. The molecule has 0 saturated carbocycles. The van der Waals surface area contributed by atoms with Gasteiger partial charge < -0.3 is 15.7 Å². The summed E-state index contributed by atoms with van der Waals surface area (Å²) in [6, 6.07) is 3.80. The summed E-state index contributed by atoms with van der Waals surface area (Å²) in [6.07, 6.45) is 0.698. The Labute approximate surface area is 126 Å². The van der Waals surface area contributed by atoms with E-state index >= 15 is 0 Å². The Kier molecular flexibility index (Phi) is 4.45. The number of aliphatic carboxylic acids is 1. The largest absolute Gasteiger partial charge is 0.480 e. The molecule has 0 aliphatic carbocycles. The van der Waals surface area contributed by atoms with Gasteiger partial charge >= 0.3 is 5.97 Å². The molecule has 2 atom stereocenters. The number of carbonyl (C=O) groups excluding carboxylic acids is 1. The molecule has 1 aliphatic heterocycles. The molecule has 1 aromatic carbocycles. The summed E-state index contributed by atoms with van der Waals surface area (Å²) in [7, 11) is 0. The van der Waals surface area contributed by atoms with Gasteiger partial charge in [-0.2, -0.15) is 0 Å². The third-order valence-electron chi connectivity index (χ3n) is 3.20. The van der Waals surface area contributed by atoms with Crippen LogP contribution in [-0.2, 0) is 4.79 Å². The third-order valence-corrected chi connectivity index (χ3v) is 5.00. The van der Waals surface area contributed by atoms with Crippen LogP contribution in [0.4, 0.5) is 5.69 Å². The fourth-order valence-electron chi connectivity index (χ4n) is 2.17. The lowest BCUT2D eigenvalue weighted by Crippen LogP contribution is -2.45. The summed E-state index contributed by atoms with van der Waals surface area (Å²) in [5.41, 5.74) is 6.36.